The van der Waals surface area contributed by atoms with Gasteiger partial charge < -0.3 is 10.4 Å². The van der Waals surface area contributed by atoms with Crippen molar-refractivity contribution in [2.45, 2.75) is 45.0 Å². The number of nitrogens with one attached hydrogen (secondary N) is 1. The minimum absolute atomic E-state index is 0.531. The van der Waals surface area contributed by atoms with Crippen molar-refractivity contribution in [3.8, 4) is 6.07 Å². The fourth-order valence-corrected chi connectivity index (χ4v) is 0.808. The molecule has 0 saturated carbocycles. The summed E-state index contributed by atoms with van der Waals surface area (Å²) in [5, 5.41) is 20.7. The van der Waals surface area contributed by atoms with E-state index in [0.29, 0.717) is 0 Å². The standard InChI is InChI=1S/C10H17F3N2O/c1-8(2,9(3,4)16)15-6-7(5-14)10(11,12)13/h7,15-16H,6H2,1-4H3. The van der Waals surface area contributed by atoms with Gasteiger partial charge in [0.2, 0.25) is 0 Å². The highest BCUT2D eigenvalue weighted by Crippen LogP contribution is 2.27. The van der Waals surface area contributed by atoms with E-state index in [9.17, 15) is 18.3 Å². The van der Waals surface area contributed by atoms with Gasteiger partial charge in [-0.25, -0.2) is 0 Å². The highest BCUT2D eigenvalue weighted by molar-refractivity contribution is 4.97. The van der Waals surface area contributed by atoms with Crippen molar-refractivity contribution in [3.05, 3.63) is 0 Å². The van der Waals surface area contributed by atoms with Gasteiger partial charge >= 0.3 is 6.18 Å². The number of nitrogens with zero attached hydrogens (tertiary/aromatic N) is 1. The average molecular weight is 238 g/mol. The molecule has 94 valence electrons. The van der Waals surface area contributed by atoms with Gasteiger partial charge in [-0.15, -0.1) is 0 Å². The fraction of sp³-hybridized carbons (Fsp3) is 0.900. The van der Waals surface area contributed by atoms with Crippen molar-refractivity contribution in [1.29, 1.82) is 5.26 Å². The summed E-state index contributed by atoms with van der Waals surface area (Å²) in [6, 6.07) is 1.20. The highest BCUT2D eigenvalue weighted by Gasteiger charge is 2.42. The van der Waals surface area contributed by atoms with E-state index in [4.69, 9.17) is 5.26 Å². The van der Waals surface area contributed by atoms with Gasteiger partial charge in [0.05, 0.1) is 11.7 Å². The lowest BCUT2D eigenvalue weighted by Gasteiger charge is -2.38. The van der Waals surface area contributed by atoms with Crippen molar-refractivity contribution >= 4 is 0 Å². The first kappa shape index (κ1) is 15.2. The van der Waals surface area contributed by atoms with E-state index in [2.05, 4.69) is 5.32 Å². The number of alkyl halides is 3. The summed E-state index contributed by atoms with van der Waals surface area (Å²) < 4.78 is 36.8. The Kier molecular flexibility index (Phi) is 4.37. The molecular formula is C10H17F3N2O. The molecule has 0 amide bonds. The first-order valence-corrected chi connectivity index (χ1v) is 4.85. The molecule has 2 N–H and O–H groups in total. The number of rotatable bonds is 4. The van der Waals surface area contributed by atoms with Crippen molar-refractivity contribution in [2.24, 2.45) is 5.92 Å². The number of hydrogen-bond acceptors (Lipinski definition) is 3. The summed E-state index contributed by atoms with van der Waals surface area (Å²) in [7, 11) is 0. The Balaban J connectivity index is 4.52. The van der Waals surface area contributed by atoms with E-state index in [1.165, 1.54) is 19.9 Å². The highest BCUT2D eigenvalue weighted by atomic mass is 19.4. The molecule has 0 aromatic carbocycles. The third-order valence-electron chi connectivity index (χ3n) is 2.83. The van der Waals surface area contributed by atoms with Crippen LogP contribution in [0.4, 0.5) is 13.2 Å². The number of aliphatic hydroxyl groups is 1. The lowest BCUT2D eigenvalue weighted by molar-refractivity contribution is -0.159. The van der Waals surface area contributed by atoms with Crippen LogP contribution >= 0.6 is 0 Å². The van der Waals surface area contributed by atoms with E-state index >= 15 is 0 Å². The van der Waals surface area contributed by atoms with Crippen molar-refractivity contribution in [2.75, 3.05) is 6.54 Å². The van der Waals surface area contributed by atoms with Crippen LogP contribution in [0.5, 0.6) is 0 Å². The van der Waals surface area contributed by atoms with E-state index in [0.717, 1.165) is 0 Å². The van der Waals surface area contributed by atoms with Crippen LogP contribution < -0.4 is 5.32 Å². The van der Waals surface area contributed by atoms with Crippen LogP contribution in [0.3, 0.4) is 0 Å². The fourth-order valence-electron chi connectivity index (χ4n) is 0.808. The van der Waals surface area contributed by atoms with Crippen LogP contribution in [0.1, 0.15) is 27.7 Å². The molecule has 6 heteroatoms. The topological polar surface area (TPSA) is 56.0 Å². The Hall–Kier alpha value is -0.800. The molecule has 0 aliphatic heterocycles. The molecule has 0 saturated heterocycles. The maximum atomic E-state index is 12.3. The molecule has 3 nitrogen and oxygen atoms in total. The summed E-state index contributed by atoms with van der Waals surface area (Å²) in [6.07, 6.45) is -4.54. The molecule has 1 unspecified atom stereocenters. The maximum Gasteiger partial charge on any atom is 0.405 e. The Bertz CT molecular complexity index is 273. The normalized spacial score (nSPS) is 15.7. The van der Waals surface area contributed by atoms with Crippen LogP contribution in [0.25, 0.3) is 0 Å². The Morgan fingerprint density at radius 2 is 1.69 bits per heavy atom. The van der Waals surface area contributed by atoms with Crippen molar-refractivity contribution in [3.63, 3.8) is 0 Å². The van der Waals surface area contributed by atoms with Crippen molar-refractivity contribution in [1.82, 2.24) is 5.32 Å². The molecule has 0 spiro atoms. The Morgan fingerprint density at radius 1 is 1.25 bits per heavy atom. The van der Waals surface area contributed by atoms with E-state index in [-0.39, 0.29) is 0 Å². The van der Waals surface area contributed by atoms with Gasteiger partial charge in [0.25, 0.3) is 0 Å². The molecule has 1 atom stereocenters. The van der Waals surface area contributed by atoms with Gasteiger partial charge in [0.15, 0.2) is 5.92 Å². The molecule has 0 aromatic rings. The third-order valence-corrected chi connectivity index (χ3v) is 2.83. The average Bonchev–Trinajstić information content (AvgIpc) is 2.00. The third kappa shape index (κ3) is 3.99. The van der Waals surface area contributed by atoms with Crippen LogP contribution in [0.15, 0.2) is 0 Å². The zero-order chi connectivity index (χ0) is 13.2. The monoisotopic (exact) mass is 238 g/mol. The molecule has 0 fully saturated rings. The largest absolute Gasteiger partial charge is 0.405 e. The van der Waals surface area contributed by atoms with Gasteiger partial charge in [0, 0.05) is 12.1 Å². The zero-order valence-electron chi connectivity index (χ0n) is 9.81. The van der Waals surface area contributed by atoms with Gasteiger partial charge in [-0.3, -0.25) is 0 Å². The smallest absolute Gasteiger partial charge is 0.389 e. The number of nitriles is 1. The van der Waals surface area contributed by atoms with Gasteiger partial charge in [-0.1, -0.05) is 0 Å². The SMILES string of the molecule is CC(C)(O)C(C)(C)NCC(C#N)C(F)(F)F. The van der Waals surface area contributed by atoms with Crippen LogP contribution in [-0.4, -0.2) is 29.0 Å². The van der Waals surface area contributed by atoms with Gasteiger partial charge in [-0.2, -0.15) is 18.4 Å². The summed E-state index contributed by atoms with van der Waals surface area (Å²) in [5.41, 5.74) is -2.09. The quantitative estimate of drug-likeness (QED) is 0.785. The second-order valence-corrected chi connectivity index (χ2v) is 4.79. The molecule has 0 radical (unpaired) electrons. The molecule has 16 heavy (non-hydrogen) atoms. The lowest BCUT2D eigenvalue weighted by atomic mass is 9.85. The van der Waals surface area contributed by atoms with Gasteiger partial charge in [0.1, 0.15) is 0 Å². The predicted octanol–water partition coefficient (Wildman–Crippen LogP) is 1.83. The summed E-state index contributed by atoms with van der Waals surface area (Å²) >= 11 is 0. The van der Waals surface area contributed by atoms with Gasteiger partial charge in [-0.05, 0) is 27.7 Å². The summed E-state index contributed by atoms with van der Waals surface area (Å²) in [6.45, 7) is 5.62. The lowest BCUT2D eigenvalue weighted by Crippen LogP contribution is -2.57. The van der Waals surface area contributed by atoms with E-state index < -0.39 is 29.8 Å². The molecule has 0 heterocycles. The minimum Gasteiger partial charge on any atom is -0.389 e. The van der Waals surface area contributed by atoms with E-state index in [1.807, 2.05) is 0 Å². The second-order valence-electron chi connectivity index (χ2n) is 4.79. The summed E-state index contributed by atoms with van der Waals surface area (Å²) in [5.74, 6) is -2.06. The van der Waals surface area contributed by atoms with Crippen LogP contribution in [0, 0.1) is 17.2 Å². The zero-order valence-corrected chi connectivity index (χ0v) is 9.81. The molecule has 0 aromatic heterocycles. The minimum atomic E-state index is -4.54. The number of hydrogen-bond donors (Lipinski definition) is 2. The summed E-state index contributed by atoms with van der Waals surface area (Å²) in [4.78, 5) is 0. The Labute approximate surface area is 93.3 Å². The molecule has 0 bridgehead atoms. The maximum absolute atomic E-state index is 12.3. The number of halogens is 3. The Morgan fingerprint density at radius 3 is 1.94 bits per heavy atom. The van der Waals surface area contributed by atoms with Crippen LogP contribution in [-0.2, 0) is 0 Å². The van der Waals surface area contributed by atoms with E-state index in [1.54, 1.807) is 13.8 Å². The first-order chi connectivity index (χ1) is 6.92. The second kappa shape index (κ2) is 4.60. The first-order valence-electron chi connectivity index (χ1n) is 4.85. The molecule has 0 rings (SSSR count). The molecule has 0 aliphatic carbocycles. The van der Waals surface area contributed by atoms with Crippen LogP contribution in [0.2, 0.25) is 0 Å². The molecular weight excluding hydrogens is 221 g/mol. The predicted molar refractivity (Wildman–Crippen MR) is 53.5 cm³/mol. The van der Waals surface area contributed by atoms with Crippen molar-refractivity contribution < 1.29 is 18.3 Å². The molecule has 0 aliphatic rings.